The molecule has 0 aliphatic carbocycles. The first-order valence-corrected chi connectivity index (χ1v) is 8.62. The van der Waals surface area contributed by atoms with Crippen LogP contribution in [-0.2, 0) is 4.79 Å². The topological polar surface area (TPSA) is 95.1 Å². The van der Waals surface area contributed by atoms with Gasteiger partial charge >= 0.3 is 0 Å². The van der Waals surface area contributed by atoms with Gasteiger partial charge in [-0.25, -0.2) is 0 Å². The monoisotopic (exact) mass is 388 g/mol. The van der Waals surface area contributed by atoms with Crippen LogP contribution in [0.2, 0.25) is 0 Å². The molecule has 0 unspecified atom stereocenters. The molecule has 0 saturated carbocycles. The number of ether oxygens (including phenoxy) is 4. The van der Waals surface area contributed by atoms with Crippen molar-refractivity contribution in [2.24, 2.45) is 0 Å². The van der Waals surface area contributed by atoms with Crippen molar-refractivity contribution in [3.63, 3.8) is 0 Å². The third-order valence-electron chi connectivity index (χ3n) is 3.82. The van der Waals surface area contributed by atoms with Crippen LogP contribution in [0.25, 0.3) is 0 Å². The lowest BCUT2D eigenvalue weighted by Gasteiger charge is -2.13. The van der Waals surface area contributed by atoms with Crippen molar-refractivity contribution in [2.45, 2.75) is 0 Å². The lowest BCUT2D eigenvalue weighted by atomic mass is 10.1. The number of hydrogen-bond donors (Lipinski definition) is 2. The molecule has 0 spiro atoms. The summed E-state index contributed by atoms with van der Waals surface area (Å²) in [5.41, 5.74) is 0.304. The van der Waals surface area contributed by atoms with Gasteiger partial charge in [-0.1, -0.05) is 18.2 Å². The third kappa shape index (κ3) is 5.54. The van der Waals surface area contributed by atoms with Crippen molar-refractivity contribution in [1.29, 1.82) is 0 Å². The zero-order valence-electron chi connectivity index (χ0n) is 16.1. The van der Waals surface area contributed by atoms with E-state index in [1.54, 1.807) is 36.4 Å². The van der Waals surface area contributed by atoms with E-state index in [-0.39, 0.29) is 31.5 Å². The highest BCUT2D eigenvalue weighted by atomic mass is 16.5. The minimum absolute atomic E-state index is 0.158. The zero-order valence-corrected chi connectivity index (χ0v) is 16.1. The maximum atomic E-state index is 12.4. The summed E-state index contributed by atoms with van der Waals surface area (Å²) in [6.07, 6.45) is 0. The number of benzene rings is 2. The van der Waals surface area contributed by atoms with Crippen molar-refractivity contribution in [3.05, 3.63) is 48.0 Å². The van der Waals surface area contributed by atoms with Crippen LogP contribution < -0.4 is 29.6 Å². The van der Waals surface area contributed by atoms with Crippen LogP contribution in [0.15, 0.2) is 42.5 Å². The Kier molecular flexibility index (Phi) is 7.95. The summed E-state index contributed by atoms with van der Waals surface area (Å²) in [6.45, 7) is 0.326. The summed E-state index contributed by atoms with van der Waals surface area (Å²) in [7, 11) is 4.49. The SMILES string of the molecule is COc1ccccc1OCC(=O)NCCNC(=O)c1c(OC)cccc1OC. The second-order valence-electron chi connectivity index (χ2n) is 5.58. The number of carbonyl (C=O) groups excluding carboxylic acids is 2. The number of para-hydroxylation sites is 2. The second-order valence-corrected chi connectivity index (χ2v) is 5.58. The number of methoxy groups -OCH3 is 3. The largest absolute Gasteiger partial charge is 0.496 e. The Bertz CT molecular complexity index is 787. The molecule has 2 aromatic rings. The molecule has 2 rings (SSSR count). The van der Waals surface area contributed by atoms with E-state index in [2.05, 4.69) is 10.6 Å². The molecule has 0 bridgehead atoms. The van der Waals surface area contributed by atoms with Crippen LogP contribution in [0, 0.1) is 0 Å². The summed E-state index contributed by atoms with van der Waals surface area (Å²) in [5, 5.41) is 5.39. The van der Waals surface area contributed by atoms with Gasteiger partial charge in [0.2, 0.25) is 0 Å². The standard InChI is InChI=1S/C20H24N2O6/c1-25-14-7-4-5-8-15(14)28-13-18(23)21-11-12-22-20(24)19-16(26-2)9-6-10-17(19)27-3/h4-10H,11-13H2,1-3H3,(H,21,23)(H,22,24). The first-order chi connectivity index (χ1) is 13.6. The quantitative estimate of drug-likeness (QED) is 0.601. The van der Waals surface area contributed by atoms with E-state index >= 15 is 0 Å². The van der Waals surface area contributed by atoms with E-state index in [0.29, 0.717) is 28.6 Å². The minimum Gasteiger partial charge on any atom is -0.496 e. The minimum atomic E-state index is -0.353. The fourth-order valence-corrected chi connectivity index (χ4v) is 2.47. The van der Waals surface area contributed by atoms with E-state index in [9.17, 15) is 9.59 Å². The van der Waals surface area contributed by atoms with Crippen LogP contribution in [0.4, 0.5) is 0 Å². The number of hydrogen-bond acceptors (Lipinski definition) is 6. The predicted molar refractivity (Wildman–Crippen MR) is 103 cm³/mol. The molecule has 0 fully saturated rings. The van der Waals surface area contributed by atoms with Gasteiger partial charge in [-0.05, 0) is 24.3 Å². The smallest absolute Gasteiger partial charge is 0.258 e. The van der Waals surface area contributed by atoms with E-state index in [4.69, 9.17) is 18.9 Å². The van der Waals surface area contributed by atoms with Gasteiger partial charge in [0.15, 0.2) is 18.1 Å². The summed E-state index contributed by atoms with van der Waals surface area (Å²) in [5.74, 6) is 1.19. The van der Waals surface area contributed by atoms with Crippen LogP contribution in [0.3, 0.4) is 0 Å². The molecule has 8 heteroatoms. The third-order valence-corrected chi connectivity index (χ3v) is 3.82. The predicted octanol–water partition coefficient (Wildman–Crippen LogP) is 1.64. The zero-order chi connectivity index (χ0) is 20.4. The highest BCUT2D eigenvalue weighted by molar-refractivity contribution is 5.99. The van der Waals surface area contributed by atoms with E-state index in [0.717, 1.165) is 0 Å². The fraction of sp³-hybridized carbons (Fsp3) is 0.300. The molecule has 2 amide bonds. The molecule has 8 nitrogen and oxygen atoms in total. The Balaban J connectivity index is 1.78. The fourth-order valence-electron chi connectivity index (χ4n) is 2.47. The summed E-state index contributed by atoms with van der Waals surface area (Å²) >= 11 is 0. The molecule has 0 heterocycles. The van der Waals surface area contributed by atoms with Crippen LogP contribution >= 0.6 is 0 Å². The Hall–Kier alpha value is -3.42. The normalized spacial score (nSPS) is 9.96. The summed E-state index contributed by atoms with van der Waals surface area (Å²) in [4.78, 5) is 24.3. The molecule has 0 atom stereocenters. The van der Waals surface area contributed by atoms with E-state index in [1.807, 2.05) is 6.07 Å². The number of nitrogens with one attached hydrogen (secondary N) is 2. The highest BCUT2D eigenvalue weighted by Gasteiger charge is 2.17. The first kappa shape index (κ1) is 20.9. The average molecular weight is 388 g/mol. The van der Waals surface area contributed by atoms with E-state index < -0.39 is 0 Å². The molecule has 0 saturated heterocycles. The molecule has 28 heavy (non-hydrogen) atoms. The molecular formula is C20H24N2O6. The van der Waals surface area contributed by atoms with Crippen LogP contribution in [0.5, 0.6) is 23.0 Å². The Morgan fingerprint density at radius 2 is 1.29 bits per heavy atom. The van der Waals surface area contributed by atoms with Crippen molar-refractivity contribution in [3.8, 4) is 23.0 Å². The number of rotatable bonds is 10. The molecule has 150 valence electrons. The average Bonchev–Trinajstić information content (AvgIpc) is 2.74. The van der Waals surface area contributed by atoms with Gasteiger partial charge in [-0.15, -0.1) is 0 Å². The molecule has 0 aromatic heterocycles. The Morgan fingerprint density at radius 3 is 1.89 bits per heavy atom. The maximum Gasteiger partial charge on any atom is 0.258 e. The molecule has 2 N–H and O–H groups in total. The van der Waals surface area contributed by atoms with Gasteiger partial charge < -0.3 is 29.6 Å². The van der Waals surface area contributed by atoms with Gasteiger partial charge in [-0.3, -0.25) is 9.59 Å². The van der Waals surface area contributed by atoms with Crippen molar-refractivity contribution >= 4 is 11.8 Å². The van der Waals surface area contributed by atoms with Crippen LogP contribution in [-0.4, -0.2) is 52.8 Å². The van der Waals surface area contributed by atoms with Crippen molar-refractivity contribution < 1.29 is 28.5 Å². The van der Waals surface area contributed by atoms with Crippen LogP contribution in [0.1, 0.15) is 10.4 Å². The summed E-state index contributed by atoms with van der Waals surface area (Å²) < 4.78 is 21.0. The Morgan fingerprint density at radius 1 is 0.750 bits per heavy atom. The molecule has 0 radical (unpaired) electrons. The van der Waals surface area contributed by atoms with E-state index in [1.165, 1.54) is 21.3 Å². The maximum absolute atomic E-state index is 12.4. The molecule has 2 aromatic carbocycles. The van der Waals surface area contributed by atoms with Gasteiger partial charge in [0, 0.05) is 13.1 Å². The highest BCUT2D eigenvalue weighted by Crippen LogP contribution is 2.28. The molecular weight excluding hydrogens is 364 g/mol. The first-order valence-electron chi connectivity index (χ1n) is 8.62. The van der Waals surface area contributed by atoms with Crippen molar-refractivity contribution in [2.75, 3.05) is 41.0 Å². The lowest BCUT2D eigenvalue weighted by Crippen LogP contribution is -2.37. The van der Waals surface area contributed by atoms with Gasteiger partial charge in [-0.2, -0.15) is 0 Å². The van der Waals surface area contributed by atoms with Crippen molar-refractivity contribution in [1.82, 2.24) is 10.6 Å². The second kappa shape index (κ2) is 10.7. The molecule has 0 aliphatic rings. The number of carbonyl (C=O) groups is 2. The Labute approximate surface area is 163 Å². The molecule has 0 aliphatic heterocycles. The number of amides is 2. The van der Waals surface area contributed by atoms with Gasteiger partial charge in [0.1, 0.15) is 17.1 Å². The van der Waals surface area contributed by atoms with Gasteiger partial charge in [0.05, 0.1) is 21.3 Å². The lowest BCUT2D eigenvalue weighted by molar-refractivity contribution is -0.123. The van der Waals surface area contributed by atoms with Gasteiger partial charge in [0.25, 0.3) is 11.8 Å². The summed E-state index contributed by atoms with van der Waals surface area (Å²) in [6, 6.07) is 12.1.